The Balaban J connectivity index is 2.64. The number of aryl methyl sites for hydroxylation is 1. The van der Waals surface area contributed by atoms with Gasteiger partial charge in [-0.25, -0.2) is 8.78 Å². The Morgan fingerprint density at radius 1 is 1.33 bits per heavy atom. The van der Waals surface area contributed by atoms with Gasteiger partial charge >= 0.3 is 0 Å². The fourth-order valence-electron chi connectivity index (χ4n) is 1.49. The van der Waals surface area contributed by atoms with E-state index in [0.717, 1.165) is 12.2 Å². The van der Waals surface area contributed by atoms with Gasteiger partial charge in [0.25, 0.3) is 6.43 Å². The number of hydrogen-bond acceptors (Lipinski definition) is 3. The van der Waals surface area contributed by atoms with E-state index in [2.05, 4.69) is 24.1 Å². The average Bonchev–Trinajstić information content (AvgIpc) is 2.27. The molecule has 102 valence electrons. The number of aromatic nitrogens is 1. The highest BCUT2D eigenvalue weighted by Gasteiger charge is 2.09. The molecule has 1 rings (SSSR count). The van der Waals surface area contributed by atoms with Gasteiger partial charge in [-0.3, -0.25) is 4.98 Å². The van der Waals surface area contributed by atoms with Crippen LogP contribution in [-0.2, 0) is 6.54 Å². The first-order valence-electron chi connectivity index (χ1n) is 6.07. The quantitative estimate of drug-likeness (QED) is 0.816. The predicted molar refractivity (Wildman–Crippen MR) is 67.0 cm³/mol. The van der Waals surface area contributed by atoms with Gasteiger partial charge in [-0.1, -0.05) is 13.8 Å². The van der Waals surface area contributed by atoms with Gasteiger partial charge in [-0.15, -0.1) is 0 Å². The van der Waals surface area contributed by atoms with Crippen LogP contribution in [0.1, 0.15) is 25.2 Å². The van der Waals surface area contributed by atoms with Crippen LogP contribution in [0.25, 0.3) is 0 Å². The molecule has 0 fully saturated rings. The van der Waals surface area contributed by atoms with E-state index in [0.29, 0.717) is 23.9 Å². The highest BCUT2D eigenvalue weighted by atomic mass is 19.3. The Bertz CT molecular complexity index is 370. The summed E-state index contributed by atoms with van der Waals surface area (Å²) in [6.07, 6.45) is -2.47. The molecule has 0 aliphatic rings. The minimum atomic E-state index is -2.47. The molecule has 1 N–H and O–H groups in total. The number of alkyl halides is 2. The van der Waals surface area contributed by atoms with E-state index in [1.807, 2.05) is 6.92 Å². The number of nitrogens with one attached hydrogen (secondary N) is 1. The fourth-order valence-corrected chi connectivity index (χ4v) is 1.49. The molecule has 1 aromatic heterocycles. The molecule has 0 radical (unpaired) electrons. The van der Waals surface area contributed by atoms with Crippen LogP contribution in [0.5, 0.6) is 5.75 Å². The van der Waals surface area contributed by atoms with Crippen molar-refractivity contribution in [1.82, 2.24) is 10.3 Å². The largest absolute Gasteiger partial charge is 0.486 e. The van der Waals surface area contributed by atoms with Crippen molar-refractivity contribution in [2.24, 2.45) is 5.92 Å². The first-order valence-corrected chi connectivity index (χ1v) is 6.07. The molecule has 5 heteroatoms. The van der Waals surface area contributed by atoms with E-state index in [9.17, 15) is 8.78 Å². The highest BCUT2D eigenvalue weighted by Crippen LogP contribution is 2.17. The molecule has 0 amide bonds. The number of ether oxygens (including phenoxy) is 1. The summed E-state index contributed by atoms with van der Waals surface area (Å²) in [5, 5.41) is 3.23. The zero-order valence-electron chi connectivity index (χ0n) is 11.0. The Kier molecular flexibility index (Phi) is 5.98. The molecule has 3 nitrogen and oxygen atoms in total. The number of hydrogen-bond donors (Lipinski definition) is 1. The van der Waals surface area contributed by atoms with Crippen LogP contribution in [0.2, 0.25) is 0 Å². The van der Waals surface area contributed by atoms with Gasteiger partial charge in [0.2, 0.25) is 0 Å². The van der Waals surface area contributed by atoms with E-state index < -0.39 is 13.0 Å². The molecule has 0 saturated carbocycles. The lowest BCUT2D eigenvalue weighted by Gasteiger charge is -2.12. The van der Waals surface area contributed by atoms with E-state index in [1.54, 1.807) is 12.1 Å². The van der Waals surface area contributed by atoms with E-state index in [4.69, 9.17) is 4.74 Å². The number of rotatable bonds is 7. The van der Waals surface area contributed by atoms with Gasteiger partial charge < -0.3 is 10.1 Å². The second-order valence-electron chi connectivity index (χ2n) is 4.62. The highest BCUT2D eigenvalue weighted by molar-refractivity contribution is 5.29. The minimum absolute atomic E-state index is 0.428. The molecule has 0 unspecified atom stereocenters. The van der Waals surface area contributed by atoms with Crippen molar-refractivity contribution >= 4 is 0 Å². The van der Waals surface area contributed by atoms with Crippen LogP contribution in [0, 0.1) is 12.8 Å². The Morgan fingerprint density at radius 2 is 2.06 bits per heavy atom. The lowest BCUT2D eigenvalue weighted by atomic mass is 10.2. The Hall–Kier alpha value is -1.23. The molecule has 0 saturated heterocycles. The molecule has 0 atom stereocenters. The standard InChI is InChI=1S/C13H20F2N2O/c1-9(2)6-16-7-11-12(18-8-13(14)15)5-4-10(3)17-11/h4-5,9,13,16H,6-8H2,1-3H3. The zero-order valence-corrected chi connectivity index (χ0v) is 11.0. The van der Waals surface area contributed by atoms with Crippen molar-refractivity contribution in [1.29, 1.82) is 0 Å². The molecule has 0 bridgehead atoms. The van der Waals surface area contributed by atoms with Crippen LogP contribution in [0.3, 0.4) is 0 Å². The SMILES string of the molecule is Cc1ccc(OCC(F)F)c(CNCC(C)C)n1. The van der Waals surface area contributed by atoms with Crippen LogP contribution >= 0.6 is 0 Å². The van der Waals surface area contributed by atoms with Crippen LogP contribution in [0.4, 0.5) is 8.78 Å². The van der Waals surface area contributed by atoms with Crippen molar-refractivity contribution in [2.45, 2.75) is 33.7 Å². The number of pyridine rings is 1. The van der Waals surface area contributed by atoms with E-state index in [1.165, 1.54) is 0 Å². The second-order valence-corrected chi connectivity index (χ2v) is 4.62. The zero-order chi connectivity index (χ0) is 13.5. The topological polar surface area (TPSA) is 34.1 Å². The summed E-state index contributed by atoms with van der Waals surface area (Å²) in [4.78, 5) is 4.32. The van der Waals surface area contributed by atoms with Gasteiger partial charge in [-0.2, -0.15) is 0 Å². The normalized spacial score (nSPS) is 11.3. The molecular formula is C13H20F2N2O. The first-order chi connectivity index (χ1) is 8.49. The van der Waals surface area contributed by atoms with Crippen molar-refractivity contribution in [3.63, 3.8) is 0 Å². The van der Waals surface area contributed by atoms with Gasteiger partial charge in [-0.05, 0) is 31.5 Å². The monoisotopic (exact) mass is 258 g/mol. The summed E-state index contributed by atoms with van der Waals surface area (Å²) < 4.78 is 29.3. The molecular weight excluding hydrogens is 238 g/mol. The second kappa shape index (κ2) is 7.26. The maximum absolute atomic E-state index is 12.1. The summed E-state index contributed by atoms with van der Waals surface area (Å²) in [6, 6.07) is 3.45. The molecule has 1 heterocycles. The molecule has 1 aromatic rings. The predicted octanol–water partition coefficient (Wildman–Crippen LogP) is 2.78. The van der Waals surface area contributed by atoms with E-state index >= 15 is 0 Å². The van der Waals surface area contributed by atoms with Crippen molar-refractivity contribution < 1.29 is 13.5 Å². The summed E-state index contributed by atoms with van der Waals surface area (Å²) in [5.41, 5.74) is 1.53. The van der Waals surface area contributed by atoms with Gasteiger partial charge in [0.1, 0.15) is 12.4 Å². The Morgan fingerprint density at radius 3 is 2.67 bits per heavy atom. The molecule has 0 aliphatic carbocycles. The Labute approximate surface area is 107 Å². The lowest BCUT2D eigenvalue weighted by molar-refractivity contribution is 0.0811. The summed E-state index contributed by atoms with van der Waals surface area (Å²) in [5.74, 6) is 0.956. The van der Waals surface area contributed by atoms with Crippen LogP contribution in [0.15, 0.2) is 12.1 Å². The molecule has 0 aliphatic heterocycles. The van der Waals surface area contributed by atoms with Gasteiger partial charge in [0.15, 0.2) is 0 Å². The smallest absolute Gasteiger partial charge is 0.272 e. The summed E-state index contributed by atoms with van der Waals surface area (Å²) >= 11 is 0. The van der Waals surface area contributed by atoms with Gasteiger partial charge in [0.05, 0.1) is 5.69 Å². The third kappa shape index (κ3) is 5.40. The third-order valence-electron chi connectivity index (χ3n) is 2.28. The van der Waals surface area contributed by atoms with Crippen LogP contribution in [-0.4, -0.2) is 24.6 Å². The minimum Gasteiger partial charge on any atom is -0.486 e. The maximum atomic E-state index is 12.1. The summed E-state index contributed by atoms with van der Waals surface area (Å²) in [6.45, 7) is 6.85. The average molecular weight is 258 g/mol. The third-order valence-corrected chi connectivity index (χ3v) is 2.28. The van der Waals surface area contributed by atoms with Crippen molar-refractivity contribution in [3.05, 3.63) is 23.5 Å². The lowest BCUT2D eigenvalue weighted by Crippen LogP contribution is -2.20. The van der Waals surface area contributed by atoms with E-state index in [-0.39, 0.29) is 0 Å². The number of nitrogens with zero attached hydrogens (tertiary/aromatic N) is 1. The fraction of sp³-hybridized carbons (Fsp3) is 0.615. The molecule has 0 spiro atoms. The summed E-state index contributed by atoms with van der Waals surface area (Å²) in [7, 11) is 0. The van der Waals surface area contributed by atoms with Crippen molar-refractivity contribution in [3.8, 4) is 5.75 Å². The van der Waals surface area contributed by atoms with Crippen molar-refractivity contribution in [2.75, 3.05) is 13.2 Å². The molecule has 0 aromatic carbocycles. The maximum Gasteiger partial charge on any atom is 0.272 e. The number of halogens is 2. The van der Waals surface area contributed by atoms with Crippen LogP contribution < -0.4 is 10.1 Å². The molecule has 18 heavy (non-hydrogen) atoms. The first kappa shape index (κ1) is 14.8. The van der Waals surface area contributed by atoms with Gasteiger partial charge in [0, 0.05) is 12.2 Å².